The molecule has 0 atom stereocenters. The monoisotopic (exact) mass is 291 g/mol. The molecule has 0 unspecified atom stereocenters. The van der Waals surface area contributed by atoms with Crippen LogP contribution in [0.3, 0.4) is 0 Å². The van der Waals surface area contributed by atoms with Crippen molar-refractivity contribution < 1.29 is 9.50 Å². The Bertz CT molecular complexity index is 589. The average Bonchev–Trinajstić information content (AvgIpc) is 2.30. The normalized spacial score (nSPS) is 10.6. The molecule has 0 amide bonds. The van der Waals surface area contributed by atoms with Crippen molar-refractivity contribution in [3.05, 3.63) is 45.4 Å². The predicted molar refractivity (Wildman–Crippen MR) is 66.3 cm³/mol. The number of pyridine rings is 1. The van der Waals surface area contributed by atoms with Crippen LogP contribution in [0, 0.1) is 5.95 Å². The van der Waals surface area contributed by atoms with Crippen molar-refractivity contribution in [3.63, 3.8) is 0 Å². The molecule has 88 valence electrons. The van der Waals surface area contributed by atoms with Gasteiger partial charge in [-0.1, -0.05) is 40.9 Å². The molecule has 0 aliphatic rings. The topological polar surface area (TPSA) is 33.1 Å². The lowest BCUT2D eigenvalue weighted by molar-refractivity contribution is 0.469. The Kier molecular flexibility index (Phi) is 3.43. The van der Waals surface area contributed by atoms with Gasteiger partial charge in [0.15, 0.2) is 0 Å². The minimum absolute atomic E-state index is 0.153. The maximum absolute atomic E-state index is 13.0. The summed E-state index contributed by atoms with van der Waals surface area (Å²) in [5.74, 6) is -0.911. The maximum atomic E-state index is 13.0. The van der Waals surface area contributed by atoms with Gasteiger partial charge in [0.05, 0.1) is 21.3 Å². The number of hydrogen-bond donors (Lipinski definition) is 1. The average molecular weight is 293 g/mol. The van der Waals surface area contributed by atoms with Crippen LogP contribution >= 0.6 is 34.8 Å². The first-order chi connectivity index (χ1) is 8.00. The van der Waals surface area contributed by atoms with Crippen molar-refractivity contribution in [1.29, 1.82) is 0 Å². The first kappa shape index (κ1) is 12.4. The summed E-state index contributed by atoms with van der Waals surface area (Å²) in [4.78, 5) is 3.32. The molecule has 0 radical (unpaired) electrons. The van der Waals surface area contributed by atoms with Gasteiger partial charge in [0.25, 0.3) is 0 Å². The Balaban J connectivity index is 2.69. The van der Waals surface area contributed by atoms with Crippen LogP contribution < -0.4 is 0 Å². The van der Waals surface area contributed by atoms with E-state index in [1.165, 1.54) is 6.07 Å². The molecule has 0 saturated carbocycles. The molecule has 2 aromatic rings. The Morgan fingerprint density at radius 3 is 2.47 bits per heavy atom. The summed E-state index contributed by atoms with van der Waals surface area (Å²) in [6.45, 7) is 0. The van der Waals surface area contributed by atoms with Crippen LogP contribution in [0.4, 0.5) is 4.39 Å². The van der Waals surface area contributed by atoms with E-state index >= 15 is 0 Å². The standard InChI is InChI=1S/C11H5Cl3FNO/c12-7-2-1-5(10(13)11(7)14)6-3-9(15)16-4-8(6)17/h1-4,17H. The third-order valence-electron chi connectivity index (χ3n) is 2.17. The van der Waals surface area contributed by atoms with E-state index in [9.17, 15) is 9.50 Å². The predicted octanol–water partition coefficient (Wildman–Crippen LogP) is 4.55. The number of nitrogens with zero attached hydrogens (tertiary/aromatic N) is 1. The molecule has 6 heteroatoms. The minimum atomic E-state index is -0.722. The molecule has 0 fully saturated rings. The molecule has 1 aromatic carbocycles. The summed E-state index contributed by atoms with van der Waals surface area (Å²) in [6, 6.07) is 4.13. The van der Waals surface area contributed by atoms with Gasteiger partial charge in [-0.2, -0.15) is 4.39 Å². The Morgan fingerprint density at radius 2 is 1.76 bits per heavy atom. The van der Waals surface area contributed by atoms with E-state index in [0.29, 0.717) is 5.56 Å². The van der Waals surface area contributed by atoms with E-state index in [1.54, 1.807) is 6.07 Å². The minimum Gasteiger partial charge on any atom is -0.506 e. The van der Waals surface area contributed by atoms with Crippen molar-refractivity contribution in [3.8, 4) is 16.9 Å². The van der Waals surface area contributed by atoms with Crippen LogP contribution in [0.25, 0.3) is 11.1 Å². The van der Waals surface area contributed by atoms with E-state index in [1.807, 2.05) is 0 Å². The van der Waals surface area contributed by atoms with Gasteiger partial charge in [-0.3, -0.25) is 0 Å². The van der Waals surface area contributed by atoms with Crippen molar-refractivity contribution in [2.75, 3.05) is 0 Å². The third-order valence-corrected chi connectivity index (χ3v) is 3.47. The molecular formula is C11H5Cl3FNO. The zero-order valence-corrected chi connectivity index (χ0v) is 10.5. The van der Waals surface area contributed by atoms with E-state index in [-0.39, 0.29) is 26.4 Å². The second-order valence-electron chi connectivity index (χ2n) is 3.25. The SMILES string of the molecule is Oc1cnc(F)cc1-c1ccc(Cl)c(Cl)c1Cl. The van der Waals surface area contributed by atoms with Crippen molar-refractivity contribution >= 4 is 34.8 Å². The highest BCUT2D eigenvalue weighted by atomic mass is 35.5. The van der Waals surface area contributed by atoms with Gasteiger partial charge in [0.1, 0.15) is 5.75 Å². The summed E-state index contributed by atoms with van der Waals surface area (Å²) in [5, 5.41) is 10.2. The van der Waals surface area contributed by atoms with Crippen LogP contribution in [0.5, 0.6) is 5.75 Å². The number of rotatable bonds is 1. The van der Waals surface area contributed by atoms with E-state index in [0.717, 1.165) is 12.3 Å². The molecule has 1 N–H and O–H groups in total. The van der Waals surface area contributed by atoms with E-state index in [2.05, 4.69) is 4.98 Å². The highest BCUT2D eigenvalue weighted by Crippen LogP contribution is 2.40. The second-order valence-corrected chi connectivity index (χ2v) is 4.41. The van der Waals surface area contributed by atoms with Crippen LogP contribution in [0.1, 0.15) is 0 Å². The second kappa shape index (κ2) is 4.69. The summed E-state index contributed by atoms with van der Waals surface area (Å²) in [5.41, 5.74) is 0.598. The molecule has 17 heavy (non-hydrogen) atoms. The van der Waals surface area contributed by atoms with Crippen LogP contribution in [-0.2, 0) is 0 Å². The molecule has 1 aromatic heterocycles. The van der Waals surface area contributed by atoms with Gasteiger partial charge < -0.3 is 5.11 Å². The number of halogens is 4. The first-order valence-electron chi connectivity index (χ1n) is 4.49. The summed E-state index contributed by atoms with van der Waals surface area (Å²) < 4.78 is 13.0. The third kappa shape index (κ3) is 2.32. The number of aromatic nitrogens is 1. The largest absolute Gasteiger partial charge is 0.506 e. The fourth-order valence-corrected chi connectivity index (χ4v) is 2.01. The fourth-order valence-electron chi connectivity index (χ4n) is 1.37. The Hall–Kier alpha value is -1.03. The molecule has 0 saturated heterocycles. The Morgan fingerprint density at radius 1 is 1.06 bits per heavy atom. The van der Waals surface area contributed by atoms with E-state index < -0.39 is 5.95 Å². The lowest BCUT2D eigenvalue weighted by Crippen LogP contribution is -1.87. The van der Waals surface area contributed by atoms with E-state index in [4.69, 9.17) is 34.8 Å². The number of aromatic hydroxyl groups is 1. The van der Waals surface area contributed by atoms with Gasteiger partial charge in [-0.05, 0) is 6.07 Å². The van der Waals surface area contributed by atoms with Gasteiger partial charge in [0, 0.05) is 17.2 Å². The molecular weight excluding hydrogens is 287 g/mol. The molecule has 0 aliphatic carbocycles. The van der Waals surface area contributed by atoms with Crippen molar-refractivity contribution in [1.82, 2.24) is 4.98 Å². The summed E-state index contributed by atoms with van der Waals surface area (Å²) in [7, 11) is 0. The molecule has 1 heterocycles. The lowest BCUT2D eigenvalue weighted by Gasteiger charge is -2.08. The maximum Gasteiger partial charge on any atom is 0.213 e. The summed E-state index contributed by atoms with van der Waals surface area (Å²) >= 11 is 17.6. The summed E-state index contributed by atoms with van der Waals surface area (Å²) in [6.07, 6.45) is 1.00. The zero-order chi connectivity index (χ0) is 12.6. The van der Waals surface area contributed by atoms with Crippen molar-refractivity contribution in [2.45, 2.75) is 0 Å². The lowest BCUT2D eigenvalue weighted by atomic mass is 10.1. The van der Waals surface area contributed by atoms with Gasteiger partial charge in [-0.15, -0.1) is 0 Å². The van der Waals surface area contributed by atoms with Gasteiger partial charge in [0.2, 0.25) is 5.95 Å². The fraction of sp³-hybridized carbons (Fsp3) is 0. The Labute approximate surface area is 112 Å². The van der Waals surface area contributed by atoms with Crippen molar-refractivity contribution in [2.24, 2.45) is 0 Å². The van der Waals surface area contributed by atoms with Gasteiger partial charge >= 0.3 is 0 Å². The van der Waals surface area contributed by atoms with Crippen LogP contribution in [0.2, 0.25) is 15.1 Å². The zero-order valence-electron chi connectivity index (χ0n) is 8.22. The quantitative estimate of drug-likeness (QED) is 0.617. The molecule has 2 nitrogen and oxygen atoms in total. The molecule has 0 bridgehead atoms. The molecule has 0 aliphatic heterocycles. The van der Waals surface area contributed by atoms with Crippen LogP contribution in [-0.4, -0.2) is 10.1 Å². The molecule has 0 spiro atoms. The highest BCUT2D eigenvalue weighted by Gasteiger charge is 2.14. The highest BCUT2D eigenvalue weighted by molar-refractivity contribution is 6.49. The first-order valence-corrected chi connectivity index (χ1v) is 5.62. The number of benzene rings is 1. The molecule has 2 rings (SSSR count). The smallest absolute Gasteiger partial charge is 0.213 e. The van der Waals surface area contributed by atoms with Crippen LogP contribution in [0.15, 0.2) is 24.4 Å². The number of hydrogen-bond acceptors (Lipinski definition) is 2. The van der Waals surface area contributed by atoms with Gasteiger partial charge in [-0.25, -0.2) is 4.98 Å².